The van der Waals surface area contributed by atoms with Gasteiger partial charge in [-0.3, -0.25) is 19.7 Å². The highest BCUT2D eigenvalue weighted by atomic mass is 16.6. The first-order valence-corrected chi connectivity index (χ1v) is 11.6. The fourth-order valence-electron chi connectivity index (χ4n) is 5.61. The van der Waals surface area contributed by atoms with Crippen molar-refractivity contribution in [3.05, 3.63) is 74.8 Å². The van der Waals surface area contributed by atoms with Crippen LogP contribution >= 0.6 is 0 Å². The summed E-state index contributed by atoms with van der Waals surface area (Å²) in [6, 6.07) is 9.80. The van der Waals surface area contributed by atoms with Gasteiger partial charge in [0.1, 0.15) is 11.5 Å². The quantitative estimate of drug-likeness (QED) is 0.457. The molecule has 0 unspecified atom stereocenters. The number of nitrogens with zero attached hydrogens (tertiary/aromatic N) is 1. The number of benzene rings is 1. The molecule has 0 amide bonds. The number of furan rings is 1. The molecule has 1 aliphatic heterocycles. The lowest BCUT2D eigenvalue weighted by atomic mass is 9.65. The average Bonchev–Trinajstić information content (AvgIpc) is 3.20. The topological polar surface area (TPSA) is 102 Å². The van der Waals surface area contributed by atoms with Crippen LogP contribution in [0.2, 0.25) is 0 Å². The zero-order valence-corrected chi connectivity index (χ0v) is 19.9. The van der Waals surface area contributed by atoms with Crippen LogP contribution in [-0.2, 0) is 9.59 Å². The molecule has 1 aromatic heterocycles. The van der Waals surface area contributed by atoms with Crippen LogP contribution in [0.1, 0.15) is 65.1 Å². The van der Waals surface area contributed by atoms with Crippen molar-refractivity contribution in [1.29, 1.82) is 0 Å². The number of allylic oxidation sites excluding steroid dienone is 4. The molecule has 176 valence electrons. The molecule has 0 radical (unpaired) electrons. The van der Waals surface area contributed by atoms with Crippen molar-refractivity contribution in [2.24, 2.45) is 10.8 Å². The molecule has 1 aromatic carbocycles. The molecule has 2 heterocycles. The number of nitro benzene ring substituents is 1. The number of nitro groups is 1. The second-order valence-electron chi connectivity index (χ2n) is 11.2. The van der Waals surface area contributed by atoms with Gasteiger partial charge in [0.2, 0.25) is 0 Å². The van der Waals surface area contributed by atoms with Gasteiger partial charge in [-0.15, -0.1) is 0 Å². The summed E-state index contributed by atoms with van der Waals surface area (Å²) in [4.78, 5) is 37.5. The third-order valence-electron chi connectivity index (χ3n) is 6.97. The van der Waals surface area contributed by atoms with Crippen LogP contribution in [0.15, 0.2) is 63.4 Å². The maximum absolute atomic E-state index is 13.4. The van der Waals surface area contributed by atoms with E-state index in [1.807, 2.05) is 0 Å². The number of ketones is 2. The Labute approximate surface area is 198 Å². The van der Waals surface area contributed by atoms with Gasteiger partial charge < -0.3 is 9.73 Å². The minimum Gasteiger partial charge on any atom is -0.460 e. The van der Waals surface area contributed by atoms with Crippen molar-refractivity contribution < 1.29 is 18.9 Å². The average molecular weight is 461 g/mol. The Morgan fingerprint density at radius 3 is 2.06 bits per heavy atom. The molecule has 7 nitrogen and oxygen atoms in total. The van der Waals surface area contributed by atoms with Gasteiger partial charge in [-0.05, 0) is 35.8 Å². The van der Waals surface area contributed by atoms with Gasteiger partial charge in [0.15, 0.2) is 11.6 Å². The fraction of sp³-hybridized carbons (Fsp3) is 0.407. The Bertz CT molecular complexity index is 1260. The first kappa shape index (κ1) is 22.3. The summed E-state index contributed by atoms with van der Waals surface area (Å²) in [6.45, 7) is 8.33. The molecule has 0 fully saturated rings. The SMILES string of the molecule is CC1(C)CC(=O)C2=C(C1)NC1=C(C(=O)CC(C)(C)C1)C2c1ccc(-c2cccc([N+](=O)[O-])c2)o1. The van der Waals surface area contributed by atoms with Gasteiger partial charge in [-0.2, -0.15) is 0 Å². The summed E-state index contributed by atoms with van der Waals surface area (Å²) in [5, 5.41) is 14.7. The number of rotatable bonds is 3. The smallest absolute Gasteiger partial charge is 0.270 e. The lowest BCUT2D eigenvalue weighted by molar-refractivity contribution is -0.384. The standard InChI is InChI=1S/C27H28N2O5/c1-26(2)11-17-23(19(30)13-26)25(24-18(28-17)12-27(3,4)14-20(24)31)22-9-8-21(34-22)15-6-5-7-16(10-15)29(32)33/h5-10,25,28H,11-14H2,1-4H3. The number of carbonyl (C=O) groups excluding carboxylic acids is 2. The van der Waals surface area contributed by atoms with Crippen LogP contribution in [0.5, 0.6) is 0 Å². The third-order valence-corrected chi connectivity index (χ3v) is 6.97. The summed E-state index contributed by atoms with van der Waals surface area (Å²) < 4.78 is 6.22. The molecule has 5 rings (SSSR count). The number of hydrogen-bond donors (Lipinski definition) is 1. The van der Waals surface area contributed by atoms with E-state index >= 15 is 0 Å². The zero-order chi connectivity index (χ0) is 24.4. The number of hydrogen-bond acceptors (Lipinski definition) is 6. The van der Waals surface area contributed by atoms with Gasteiger partial charge in [-0.1, -0.05) is 39.8 Å². The van der Waals surface area contributed by atoms with E-state index in [0.717, 1.165) is 11.4 Å². The van der Waals surface area contributed by atoms with Gasteiger partial charge in [0.25, 0.3) is 5.69 Å². The van der Waals surface area contributed by atoms with E-state index in [4.69, 9.17) is 4.42 Å². The third kappa shape index (κ3) is 3.79. The molecular formula is C27H28N2O5. The second kappa shape index (κ2) is 7.52. The molecule has 7 heteroatoms. The zero-order valence-electron chi connectivity index (χ0n) is 19.9. The molecule has 3 aliphatic rings. The number of Topliss-reactive ketones (excluding diaryl/α,β-unsaturated/α-hetero) is 2. The summed E-state index contributed by atoms with van der Waals surface area (Å²) in [5.74, 6) is 0.478. The van der Waals surface area contributed by atoms with E-state index in [1.54, 1.807) is 24.3 Å². The largest absolute Gasteiger partial charge is 0.460 e. The second-order valence-corrected chi connectivity index (χ2v) is 11.2. The highest BCUT2D eigenvalue weighted by Crippen LogP contribution is 2.51. The first-order valence-electron chi connectivity index (χ1n) is 11.6. The van der Waals surface area contributed by atoms with Gasteiger partial charge in [-0.25, -0.2) is 0 Å². The predicted molar refractivity (Wildman–Crippen MR) is 127 cm³/mol. The van der Waals surface area contributed by atoms with Gasteiger partial charge in [0, 0.05) is 53.1 Å². The minimum absolute atomic E-state index is 0.0262. The van der Waals surface area contributed by atoms with E-state index in [0.29, 0.717) is 53.9 Å². The van der Waals surface area contributed by atoms with E-state index in [-0.39, 0.29) is 28.1 Å². The number of non-ortho nitro benzene ring substituents is 1. The molecule has 34 heavy (non-hydrogen) atoms. The maximum Gasteiger partial charge on any atom is 0.270 e. The fourth-order valence-corrected chi connectivity index (χ4v) is 5.61. The molecule has 1 N–H and O–H groups in total. The monoisotopic (exact) mass is 460 g/mol. The van der Waals surface area contributed by atoms with E-state index in [9.17, 15) is 19.7 Å². The Morgan fingerprint density at radius 1 is 0.912 bits per heavy atom. The summed E-state index contributed by atoms with van der Waals surface area (Å²) >= 11 is 0. The summed E-state index contributed by atoms with van der Waals surface area (Å²) in [7, 11) is 0. The molecule has 0 atom stereocenters. The highest BCUT2D eigenvalue weighted by molar-refractivity contribution is 6.06. The normalized spacial score (nSPS) is 21.8. The Morgan fingerprint density at radius 2 is 1.50 bits per heavy atom. The predicted octanol–water partition coefficient (Wildman–Crippen LogP) is 5.83. The maximum atomic E-state index is 13.4. The molecule has 0 saturated heterocycles. The van der Waals surface area contributed by atoms with Crippen LogP contribution < -0.4 is 5.32 Å². The van der Waals surface area contributed by atoms with E-state index < -0.39 is 10.8 Å². The van der Waals surface area contributed by atoms with Crippen molar-refractivity contribution in [3.63, 3.8) is 0 Å². The number of carbonyl (C=O) groups is 2. The summed E-state index contributed by atoms with van der Waals surface area (Å²) in [6.07, 6.45) is 2.25. The molecule has 0 saturated carbocycles. The first-order chi connectivity index (χ1) is 15.9. The van der Waals surface area contributed by atoms with Crippen LogP contribution in [0.4, 0.5) is 5.69 Å². The number of nitrogens with one attached hydrogen (secondary N) is 1. The van der Waals surface area contributed by atoms with Crippen molar-refractivity contribution in [2.75, 3.05) is 0 Å². The Balaban J connectivity index is 1.64. The van der Waals surface area contributed by atoms with Crippen LogP contribution in [0, 0.1) is 20.9 Å². The molecule has 0 spiro atoms. The van der Waals surface area contributed by atoms with Gasteiger partial charge >= 0.3 is 0 Å². The van der Waals surface area contributed by atoms with E-state index in [1.165, 1.54) is 12.1 Å². The number of dihydropyridines is 1. The van der Waals surface area contributed by atoms with Crippen LogP contribution in [0.25, 0.3) is 11.3 Å². The van der Waals surface area contributed by atoms with Crippen molar-refractivity contribution >= 4 is 17.3 Å². The lowest BCUT2D eigenvalue weighted by Gasteiger charge is -2.43. The van der Waals surface area contributed by atoms with Crippen molar-refractivity contribution in [1.82, 2.24) is 5.32 Å². The van der Waals surface area contributed by atoms with Crippen LogP contribution in [-0.4, -0.2) is 16.5 Å². The Kier molecular flexibility index (Phi) is 4.93. The highest BCUT2D eigenvalue weighted by Gasteiger charge is 2.47. The van der Waals surface area contributed by atoms with Crippen molar-refractivity contribution in [3.8, 4) is 11.3 Å². The van der Waals surface area contributed by atoms with Crippen LogP contribution in [0.3, 0.4) is 0 Å². The molecular weight excluding hydrogens is 432 g/mol. The summed E-state index contributed by atoms with van der Waals surface area (Å²) in [5.41, 5.74) is 3.20. The molecule has 0 bridgehead atoms. The minimum atomic E-state index is -0.564. The lowest BCUT2D eigenvalue weighted by Crippen LogP contribution is -2.42. The molecule has 2 aliphatic carbocycles. The van der Waals surface area contributed by atoms with E-state index in [2.05, 4.69) is 33.0 Å². The Hall–Kier alpha value is -3.48. The molecule has 2 aromatic rings. The van der Waals surface area contributed by atoms with Crippen molar-refractivity contribution in [2.45, 2.75) is 59.3 Å². The van der Waals surface area contributed by atoms with Gasteiger partial charge in [0.05, 0.1) is 10.8 Å².